The molecule has 0 heterocycles. The Morgan fingerprint density at radius 3 is 2.50 bits per heavy atom. The molecule has 0 aliphatic rings. The second-order valence-corrected chi connectivity index (χ2v) is 4.22. The van der Waals surface area contributed by atoms with E-state index in [0.29, 0.717) is 13.0 Å². The quantitative estimate of drug-likeness (QED) is 0.837. The number of nitrogens with zero attached hydrogens (tertiary/aromatic N) is 1. The number of carbonyl (C=O) groups is 2. The molecule has 0 radical (unpaired) electrons. The summed E-state index contributed by atoms with van der Waals surface area (Å²) in [5.41, 5.74) is 2.08. The molecule has 0 aliphatic carbocycles. The Morgan fingerprint density at radius 2 is 1.94 bits per heavy atom. The first-order valence-corrected chi connectivity index (χ1v) is 6.08. The first-order valence-electron chi connectivity index (χ1n) is 6.08. The Morgan fingerprint density at radius 1 is 1.28 bits per heavy atom. The number of aryl methyl sites for hydroxylation is 1. The molecule has 4 nitrogen and oxygen atoms in total. The van der Waals surface area contributed by atoms with Crippen molar-refractivity contribution >= 4 is 11.9 Å². The summed E-state index contributed by atoms with van der Waals surface area (Å²) >= 11 is 0. The molecule has 0 aliphatic heterocycles. The predicted octanol–water partition coefficient (Wildman–Crippen LogP) is 1.86. The summed E-state index contributed by atoms with van der Waals surface area (Å²) in [6.07, 6.45) is 0.327. The van der Waals surface area contributed by atoms with Crippen LogP contribution >= 0.6 is 0 Å². The third-order valence-electron chi connectivity index (χ3n) is 2.93. The van der Waals surface area contributed by atoms with Gasteiger partial charge in [-0.1, -0.05) is 24.3 Å². The van der Waals surface area contributed by atoms with E-state index in [9.17, 15) is 9.59 Å². The van der Waals surface area contributed by atoms with Crippen LogP contribution in [0.1, 0.15) is 24.5 Å². The van der Waals surface area contributed by atoms with E-state index in [4.69, 9.17) is 5.11 Å². The molecular weight excluding hydrogens is 230 g/mol. The van der Waals surface area contributed by atoms with Crippen molar-refractivity contribution in [2.45, 2.75) is 26.7 Å². The maximum absolute atomic E-state index is 12.0. The van der Waals surface area contributed by atoms with Crippen LogP contribution in [0.25, 0.3) is 0 Å². The van der Waals surface area contributed by atoms with Crippen molar-refractivity contribution < 1.29 is 14.7 Å². The van der Waals surface area contributed by atoms with Gasteiger partial charge in [0, 0.05) is 13.1 Å². The SMILES string of the molecule is CCN(CCC(=O)O)C(=O)Cc1ccccc1C. The van der Waals surface area contributed by atoms with Crippen molar-refractivity contribution in [3.8, 4) is 0 Å². The minimum atomic E-state index is -0.878. The first kappa shape index (κ1) is 14.2. The van der Waals surface area contributed by atoms with E-state index in [1.807, 2.05) is 38.1 Å². The highest BCUT2D eigenvalue weighted by atomic mass is 16.4. The Balaban J connectivity index is 2.62. The molecule has 1 aromatic rings. The number of amides is 1. The molecule has 1 aromatic carbocycles. The van der Waals surface area contributed by atoms with Gasteiger partial charge in [-0.2, -0.15) is 0 Å². The van der Waals surface area contributed by atoms with E-state index in [2.05, 4.69) is 0 Å². The van der Waals surface area contributed by atoms with Crippen molar-refractivity contribution in [1.82, 2.24) is 4.90 Å². The standard InChI is InChI=1S/C14H19NO3/c1-3-15(9-8-14(17)18)13(16)10-12-7-5-4-6-11(12)2/h4-7H,3,8-10H2,1-2H3,(H,17,18). The van der Waals surface area contributed by atoms with Crippen molar-refractivity contribution in [2.24, 2.45) is 0 Å². The van der Waals surface area contributed by atoms with Crippen LogP contribution in [0.4, 0.5) is 0 Å². The fraction of sp³-hybridized carbons (Fsp3) is 0.429. The highest BCUT2D eigenvalue weighted by Crippen LogP contribution is 2.09. The van der Waals surface area contributed by atoms with Crippen LogP contribution in [0.5, 0.6) is 0 Å². The van der Waals surface area contributed by atoms with E-state index in [0.717, 1.165) is 11.1 Å². The van der Waals surface area contributed by atoms with Gasteiger partial charge in [-0.3, -0.25) is 9.59 Å². The summed E-state index contributed by atoms with van der Waals surface area (Å²) in [6.45, 7) is 4.64. The summed E-state index contributed by atoms with van der Waals surface area (Å²) < 4.78 is 0. The van der Waals surface area contributed by atoms with Gasteiger partial charge in [0.2, 0.25) is 5.91 Å². The topological polar surface area (TPSA) is 57.6 Å². The van der Waals surface area contributed by atoms with Crippen molar-refractivity contribution in [3.63, 3.8) is 0 Å². The lowest BCUT2D eigenvalue weighted by Crippen LogP contribution is -2.34. The van der Waals surface area contributed by atoms with Crippen LogP contribution in [0, 0.1) is 6.92 Å². The van der Waals surface area contributed by atoms with Crippen LogP contribution in [-0.2, 0) is 16.0 Å². The number of hydrogen-bond acceptors (Lipinski definition) is 2. The molecule has 0 spiro atoms. The minimum Gasteiger partial charge on any atom is -0.481 e. The zero-order valence-corrected chi connectivity index (χ0v) is 10.8. The number of benzene rings is 1. The summed E-state index contributed by atoms with van der Waals surface area (Å²) in [7, 11) is 0. The molecule has 0 unspecified atom stereocenters. The third kappa shape index (κ3) is 4.20. The van der Waals surface area contributed by atoms with Gasteiger partial charge in [-0.15, -0.1) is 0 Å². The molecule has 0 saturated heterocycles. The lowest BCUT2D eigenvalue weighted by molar-refractivity contribution is -0.138. The predicted molar refractivity (Wildman–Crippen MR) is 69.4 cm³/mol. The zero-order valence-electron chi connectivity index (χ0n) is 10.8. The van der Waals surface area contributed by atoms with Gasteiger partial charge in [-0.05, 0) is 25.0 Å². The van der Waals surface area contributed by atoms with Crippen LogP contribution < -0.4 is 0 Å². The number of hydrogen-bond donors (Lipinski definition) is 1. The van der Waals surface area contributed by atoms with Crippen molar-refractivity contribution in [3.05, 3.63) is 35.4 Å². The van der Waals surface area contributed by atoms with Gasteiger partial charge in [0.1, 0.15) is 0 Å². The second-order valence-electron chi connectivity index (χ2n) is 4.22. The normalized spacial score (nSPS) is 10.1. The molecule has 0 aromatic heterocycles. The number of carbonyl (C=O) groups excluding carboxylic acids is 1. The lowest BCUT2D eigenvalue weighted by Gasteiger charge is -2.20. The Labute approximate surface area is 107 Å². The average molecular weight is 249 g/mol. The van der Waals surface area contributed by atoms with Crippen LogP contribution in [0.15, 0.2) is 24.3 Å². The fourth-order valence-electron chi connectivity index (χ4n) is 1.77. The van der Waals surface area contributed by atoms with E-state index >= 15 is 0 Å². The van der Waals surface area contributed by atoms with E-state index in [1.54, 1.807) is 4.90 Å². The highest BCUT2D eigenvalue weighted by Gasteiger charge is 2.14. The molecule has 0 fully saturated rings. The van der Waals surface area contributed by atoms with E-state index < -0.39 is 5.97 Å². The molecular formula is C14H19NO3. The van der Waals surface area contributed by atoms with Crippen LogP contribution in [0.2, 0.25) is 0 Å². The summed E-state index contributed by atoms with van der Waals surface area (Å²) in [5, 5.41) is 8.64. The largest absolute Gasteiger partial charge is 0.481 e. The number of aliphatic carboxylic acids is 1. The fourth-order valence-corrected chi connectivity index (χ4v) is 1.77. The molecule has 1 rings (SSSR count). The third-order valence-corrected chi connectivity index (χ3v) is 2.93. The maximum atomic E-state index is 12.0. The summed E-state index contributed by atoms with van der Waals surface area (Å²) in [4.78, 5) is 24.1. The number of carboxylic acid groups (broad SMARTS) is 1. The lowest BCUT2D eigenvalue weighted by atomic mass is 10.1. The van der Waals surface area contributed by atoms with Gasteiger partial charge >= 0.3 is 5.97 Å². The molecule has 1 N–H and O–H groups in total. The Kier molecular flexibility index (Phi) is 5.36. The molecule has 1 amide bonds. The maximum Gasteiger partial charge on any atom is 0.305 e. The van der Waals surface area contributed by atoms with Gasteiger partial charge in [0.05, 0.1) is 12.8 Å². The second kappa shape index (κ2) is 6.79. The average Bonchev–Trinajstić information content (AvgIpc) is 2.32. The molecule has 4 heteroatoms. The summed E-state index contributed by atoms with van der Waals surface area (Å²) in [5.74, 6) is -0.898. The number of carboxylic acids is 1. The Hall–Kier alpha value is -1.84. The van der Waals surface area contributed by atoms with E-state index in [-0.39, 0.29) is 18.9 Å². The van der Waals surface area contributed by atoms with Crippen LogP contribution in [0.3, 0.4) is 0 Å². The molecule has 18 heavy (non-hydrogen) atoms. The van der Waals surface area contributed by atoms with Gasteiger partial charge in [0.15, 0.2) is 0 Å². The Bertz CT molecular complexity index is 429. The molecule has 0 bridgehead atoms. The van der Waals surface area contributed by atoms with Gasteiger partial charge in [0.25, 0.3) is 0 Å². The van der Waals surface area contributed by atoms with Gasteiger partial charge < -0.3 is 10.0 Å². The van der Waals surface area contributed by atoms with Crippen molar-refractivity contribution in [2.75, 3.05) is 13.1 Å². The van der Waals surface area contributed by atoms with Crippen molar-refractivity contribution in [1.29, 1.82) is 0 Å². The highest BCUT2D eigenvalue weighted by molar-refractivity contribution is 5.79. The molecule has 98 valence electrons. The minimum absolute atomic E-state index is 0.00660. The van der Waals surface area contributed by atoms with E-state index in [1.165, 1.54) is 0 Å². The number of likely N-dealkylation sites (N-methyl/N-ethyl adjacent to an activating group) is 1. The monoisotopic (exact) mass is 249 g/mol. The summed E-state index contributed by atoms with van der Waals surface area (Å²) in [6, 6.07) is 7.74. The molecule has 0 atom stereocenters. The van der Waals surface area contributed by atoms with Crippen LogP contribution in [-0.4, -0.2) is 35.0 Å². The van der Waals surface area contributed by atoms with Gasteiger partial charge in [-0.25, -0.2) is 0 Å². The zero-order chi connectivity index (χ0) is 13.5. The number of rotatable bonds is 6. The molecule has 0 saturated carbocycles. The smallest absolute Gasteiger partial charge is 0.305 e. The first-order chi connectivity index (χ1) is 8.54.